The third kappa shape index (κ3) is 2.94. The van der Waals surface area contributed by atoms with Crippen molar-refractivity contribution in [2.24, 2.45) is 0 Å². The summed E-state index contributed by atoms with van der Waals surface area (Å²) in [6.07, 6.45) is 1.07. The van der Waals surface area contributed by atoms with E-state index in [-0.39, 0.29) is 6.04 Å². The number of nitrogens with one attached hydrogen (secondary N) is 1. The molecule has 1 aliphatic rings. The lowest BCUT2D eigenvalue weighted by molar-refractivity contribution is 0.188. The minimum Gasteiger partial charge on any atom is -0.497 e. The summed E-state index contributed by atoms with van der Waals surface area (Å²) in [7, 11) is 3.37. The molecule has 1 heterocycles. The highest BCUT2D eigenvalue weighted by Gasteiger charge is 2.20. The Bertz CT molecular complexity index is 389. The fourth-order valence-electron chi connectivity index (χ4n) is 2.29. The molecule has 2 unspecified atom stereocenters. The van der Waals surface area contributed by atoms with Crippen molar-refractivity contribution >= 4 is 0 Å². The van der Waals surface area contributed by atoms with Crippen molar-refractivity contribution in [3.05, 3.63) is 23.8 Å². The first-order chi connectivity index (χ1) is 8.74. The molecule has 0 spiro atoms. The monoisotopic (exact) mass is 251 g/mol. The van der Waals surface area contributed by atoms with Gasteiger partial charge in [0, 0.05) is 24.3 Å². The van der Waals surface area contributed by atoms with Crippen LogP contribution in [0.1, 0.15) is 24.9 Å². The average Bonchev–Trinajstić information content (AvgIpc) is 2.90. The minimum absolute atomic E-state index is 0.210. The van der Waals surface area contributed by atoms with Gasteiger partial charge >= 0.3 is 0 Å². The van der Waals surface area contributed by atoms with Crippen LogP contribution in [-0.4, -0.2) is 33.5 Å². The molecule has 0 aliphatic carbocycles. The van der Waals surface area contributed by atoms with Gasteiger partial charge in [-0.3, -0.25) is 0 Å². The zero-order chi connectivity index (χ0) is 13.0. The van der Waals surface area contributed by atoms with Crippen molar-refractivity contribution in [1.82, 2.24) is 5.32 Å². The van der Waals surface area contributed by atoms with E-state index in [0.29, 0.717) is 6.04 Å². The van der Waals surface area contributed by atoms with E-state index in [0.717, 1.165) is 36.7 Å². The number of benzene rings is 1. The van der Waals surface area contributed by atoms with E-state index in [9.17, 15) is 0 Å². The van der Waals surface area contributed by atoms with Gasteiger partial charge in [0.25, 0.3) is 0 Å². The summed E-state index contributed by atoms with van der Waals surface area (Å²) in [5.41, 5.74) is 1.11. The van der Waals surface area contributed by atoms with Gasteiger partial charge in [0.15, 0.2) is 0 Å². The summed E-state index contributed by atoms with van der Waals surface area (Å²) in [6, 6.07) is 6.51. The van der Waals surface area contributed by atoms with Gasteiger partial charge in [-0.25, -0.2) is 0 Å². The van der Waals surface area contributed by atoms with Crippen LogP contribution in [0.2, 0.25) is 0 Å². The molecule has 4 heteroatoms. The van der Waals surface area contributed by atoms with E-state index < -0.39 is 0 Å². The molecule has 2 rings (SSSR count). The molecule has 1 fully saturated rings. The number of hydrogen-bond donors (Lipinski definition) is 1. The van der Waals surface area contributed by atoms with Gasteiger partial charge in [-0.1, -0.05) is 0 Å². The van der Waals surface area contributed by atoms with E-state index in [1.54, 1.807) is 14.2 Å². The van der Waals surface area contributed by atoms with Crippen LogP contribution < -0.4 is 14.8 Å². The van der Waals surface area contributed by atoms with E-state index in [1.165, 1.54) is 0 Å². The highest BCUT2D eigenvalue weighted by Crippen LogP contribution is 2.29. The highest BCUT2D eigenvalue weighted by atomic mass is 16.5. The predicted octanol–water partition coefficient (Wildman–Crippen LogP) is 2.14. The van der Waals surface area contributed by atoms with Gasteiger partial charge in [-0.2, -0.15) is 0 Å². The molecular weight excluding hydrogens is 230 g/mol. The Labute approximate surface area is 108 Å². The second kappa shape index (κ2) is 6.07. The van der Waals surface area contributed by atoms with E-state index in [4.69, 9.17) is 14.2 Å². The quantitative estimate of drug-likeness (QED) is 0.870. The van der Waals surface area contributed by atoms with E-state index >= 15 is 0 Å². The van der Waals surface area contributed by atoms with Gasteiger partial charge < -0.3 is 19.5 Å². The Hall–Kier alpha value is -1.26. The molecule has 1 aromatic rings. The molecule has 18 heavy (non-hydrogen) atoms. The fourth-order valence-corrected chi connectivity index (χ4v) is 2.29. The predicted molar refractivity (Wildman–Crippen MR) is 70.3 cm³/mol. The Kier molecular flexibility index (Phi) is 4.44. The van der Waals surface area contributed by atoms with Crippen LogP contribution in [-0.2, 0) is 4.74 Å². The minimum atomic E-state index is 0.210. The van der Waals surface area contributed by atoms with Crippen LogP contribution in [0.4, 0.5) is 0 Å². The number of hydrogen-bond acceptors (Lipinski definition) is 4. The maximum Gasteiger partial charge on any atom is 0.123 e. The van der Waals surface area contributed by atoms with E-state index in [1.807, 2.05) is 18.2 Å². The molecule has 100 valence electrons. The van der Waals surface area contributed by atoms with E-state index in [2.05, 4.69) is 12.2 Å². The molecule has 1 aromatic carbocycles. The average molecular weight is 251 g/mol. The SMILES string of the molecule is COc1ccc(OC)c(C(C)NC2CCOC2)c1. The standard InChI is InChI=1S/C14H21NO3/c1-10(15-11-6-7-18-9-11)13-8-12(16-2)4-5-14(13)17-3/h4-5,8,10-11,15H,6-7,9H2,1-3H3. The van der Waals surface area contributed by atoms with Gasteiger partial charge in [0.1, 0.15) is 11.5 Å². The Morgan fingerprint density at radius 2 is 2.17 bits per heavy atom. The summed E-state index contributed by atoms with van der Waals surface area (Å²) < 4.78 is 16.0. The first-order valence-electron chi connectivity index (χ1n) is 6.30. The summed E-state index contributed by atoms with van der Waals surface area (Å²) in [4.78, 5) is 0. The maximum atomic E-state index is 5.40. The number of rotatable bonds is 5. The van der Waals surface area contributed by atoms with Crippen molar-refractivity contribution in [3.8, 4) is 11.5 Å². The molecule has 0 saturated carbocycles. The topological polar surface area (TPSA) is 39.7 Å². The van der Waals surface area contributed by atoms with Crippen LogP contribution in [0, 0.1) is 0 Å². The molecule has 1 aliphatic heterocycles. The first kappa shape index (κ1) is 13.2. The zero-order valence-corrected chi connectivity index (χ0v) is 11.2. The van der Waals surface area contributed by atoms with Crippen molar-refractivity contribution in [2.75, 3.05) is 27.4 Å². The third-order valence-electron chi connectivity index (χ3n) is 3.32. The Balaban J connectivity index is 2.13. The lowest BCUT2D eigenvalue weighted by Gasteiger charge is -2.21. The Morgan fingerprint density at radius 3 is 2.78 bits per heavy atom. The molecule has 1 saturated heterocycles. The van der Waals surface area contributed by atoms with Crippen molar-refractivity contribution in [2.45, 2.75) is 25.4 Å². The van der Waals surface area contributed by atoms with Gasteiger partial charge in [-0.05, 0) is 31.5 Å². The molecule has 0 bridgehead atoms. The smallest absolute Gasteiger partial charge is 0.123 e. The lowest BCUT2D eigenvalue weighted by Crippen LogP contribution is -2.31. The second-order valence-corrected chi connectivity index (χ2v) is 4.56. The fraction of sp³-hybridized carbons (Fsp3) is 0.571. The van der Waals surface area contributed by atoms with Gasteiger partial charge in [0.2, 0.25) is 0 Å². The molecule has 0 radical (unpaired) electrons. The third-order valence-corrected chi connectivity index (χ3v) is 3.32. The van der Waals surface area contributed by atoms with Crippen LogP contribution in [0.25, 0.3) is 0 Å². The van der Waals surface area contributed by atoms with Crippen LogP contribution in [0.15, 0.2) is 18.2 Å². The molecule has 1 N–H and O–H groups in total. The summed E-state index contributed by atoms with van der Waals surface area (Å²) >= 11 is 0. The number of ether oxygens (including phenoxy) is 3. The highest BCUT2D eigenvalue weighted by molar-refractivity contribution is 5.42. The summed E-state index contributed by atoms with van der Waals surface area (Å²) in [5, 5.41) is 3.56. The van der Waals surface area contributed by atoms with Crippen LogP contribution in [0.3, 0.4) is 0 Å². The first-order valence-corrected chi connectivity index (χ1v) is 6.30. The molecule has 2 atom stereocenters. The van der Waals surface area contributed by atoms with Crippen molar-refractivity contribution in [3.63, 3.8) is 0 Å². The maximum absolute atomic E-state index is 5.40. The summed E-state index contributed by atoms with van der Waals surface area (Å²) in [5.74, 6) is 1.73. The molecule has 0 amide bonds. The Morgan fingerprint density at radius 1 is 1.33 bits per heavy atom. The largest absolute Gasteiger partial charge is 0.497 e. The molecular formula is C14H21NO3. The zero-order valence-electron chi connectivity index (χ0n) is 11.2. The van der Waals surface area contributed by atoms with Gasteiger partial charge in [0.05, 0.1) is 20.8 Å². The van der Waals surface area contributed by atoms with Gasteiger partial charge in [-0.15, -0.1) is 0 Å². The lowest BCUT2D eigenvalue weighted by atomic mass is 10.1. The van der Waals surface area contributed by atoms with Crippen LogP contribution >= 0.6 is 0 Å². The summed E-state index contributed by atoms with van der Waals surface area (Å²) in [6.45, 7) is 3.77. The number of methoxy groups -OCH3 is 2. The second-order valence-electron chi connectivity index (χ2n) is 4.56. The molecule has 0 aromatic heterocycles. The van der Waals surface area contributed by atoms with Crippen molar-refractivity contribution in [1.29, 1.82) is 0 Å². The normalized spacial score (nSPS) is 20.7. The van der Waals surface area contributed by atoms with Crippen molar-refractivity contribution < 1.29 is 14.2 Å². The molecule has 4 nitrogen and oxygen atoms in total. The van der Waals surface area contributed by atoms with Crippen LogP contribution in [0.5, 0.6) is 11.5 Å².